The largest absolute Gasteiger partial charge is 0.387 e. The Labute approximate surface area is 116 Å². The molecule has 1 aromatic heterocycles. The Morgan fingerprint density at radius 3 is 2.62 bits per heavy atom. The molecule has 1 heterocycles. The van der Waals surface area contributed by atoms with Gasteiger partial charge in [-0.2, -0.15) is 0 Å². The highest BCUT2D eigenvalue weighted by Crippen LogP contribution is 2.44. The minimum Gasteiger partial charge on any atom is -0.387 e. The summed E-state index contributed by atoms with van der Waals surface area (Å²) in [7, 11) is 1.74. The third kappa shape index (κ3) is 2.53. The van der Waals surface area contributed by atoms with Crippen molar-refractivity contribution in [2.45, 2.75) is 37.4 Å². The van der Waals surface area contributed by atoms with Gasteiger partial charge in [0.15, 0.2) is 0 Å². The van der Waals surface area contributed by atoms with Crippen molar-refractivity contribution < 1.29 is 9.84 Å². The molecule has 1 atom stereocenters. The summed E-state index contributed by atoms with van der Waals surface area (Å²) in [4.78, 5) is 0.988. The summed E-state index contributed by atoms with van der Waals surface area (Å²) in [6, 6.07) is 1.97. The summed E-state index contributed by atoms with van der Waals surface area (Å²) >= 11 is 8.45. The standard InChI is InChI=1S/C11H14Br2O2S/c1-15-11(3-2-4-11)6-8(14)9-5-7(12)10(13)16-9/h5,8,14H,2-4,6H2,1H3. The molecule has 0 bridgehead atoms. The van der Waals surface area contributed by atoms with Crippen LogP contribution in [-0.2, 0) is 4.74 Å². The monoisotopic (exact) mass is 368 g/mol. The molecule has 0 saturated heterocycles. The van der Waals surface area contributed by atoms with Gasteiger partial charge in [-0.1, -0.05) is 0 Å². The number of halogens is 2. The lowest BCUT2D eigenvalue weighted by atomic mass is 9.76. The van der Waals surface area contributed by atoms with Crippen molar-refractivity contribution in [2.75, 3.05) is 7.11 Å². The van der Waals surface area contributed by atoms with Crippen molar-refractivity contribution >= 4 is 43.2 Å². The predicted octanol–water partition coefficient (Wildman–Crippen LogP) is 4.27. The summed E-state index contributed by atoms with van der Waals surface area (Å²) in [5.41, 5.74) is -0.0810. The Hall–Kier alpha value is 0.580. The van der Waals surface area contributed by atoms with Crippen molar-refractivity contribution in [3.8, 4) is 0 Å². The predicted molar refractivity (Wildman–Crippen MR) is 72.9 cm³/mol. The number of thiophene rings is 1. The molecule has 16 heavy (non-hydrogen) atoms. The number of methoxy groups -OCH3 is 1. The number of hydrogen-bond donors (Lipinski definition) is 1. The molecule has 0 aromatic carbocycles. The minimum absolute atomic E-state index is 0.0810. The fourth-order valence-electron chi connectivity index (χ4n) is 2.04. The molecule has 1 aliphatic rings. The van der Waals surface area contributed by atoms with Crippen LogP contribution in [0.3, 0.4) is 0 Å². The third-order valence-corrected chi connectivity index (χ3v) is 6.61. The first-order chi connectivity index (χ1) is 7.56. The molecule has 1 aromatic rings. The van der Waals surface area contributed by atoms with Gasteiger partial charge in [0.05, 0.1) is 15.5 Å². The van der Waals surface area contributed by atoms with E-state index in [1.807, 2.05) is 6.07 Å². The van der Waals surface area contributed by atoms with E-state index in [2.05, 4.69) is 31.9 Å². The van der Waals surface area contributed by atoms with Crippen LogP contribution in [-0.4, -0.2) is 17.8 Å². The molecule has 90 valence electrons. The molecule has 2 rings (SSSR count). The number of aliphatic hydroxyl groups is 1. The van der Waals surface area contributed by atoms with Gasteiger partial charge in [0.25, 0.3) is 0 Å². The van der Waals surface area contributed by atoms with E-state index in [0.29, 0.717) is 6.42 Å². The molecule has 1 N–H and O–H groups in total. The van der Waals surface area contributed by atoms with Crippen LogP contribution >= 0.6 is 43.2 Å². The summed E-state index contributed by atoms with van der Waals surface area (Å²) < 4.78 is 7.56. The molecule has 0 spiro atoms. The van der Waals surface area contributed by atoms with Crippen LogP contribution in [0.5, 0.6) is 0 Å². The van der Waals surface area contributed by atoms with Crippen molar-refractivity contribution in [2.24, 2.45) is 0 Å². The first-order valence-corrected chi connectivity index (χ1v) is 7.64. The lowest BCUT2D eigenvalue weighted by molar-refractivity contribution is -0.0994. The zero-order valence-corrected chi connectivity index (χ0v) is 13.0. The van der Waals surface area contributed by atoms with Gasteiger partial charge in [-0.05, 0) is 57.2 Å². The van der Waals surface area contributed by atoms with Gasteiger partial charge in [0.2, 0.25) is 0 Å². The molecule has 0 amide bonds. The average molecular weight is 370 g/mol. The highest BCUT2D eigenvalue weighted by Gasteiger charge is 2.39. The van der Waals surface area contributed by atoms with Gasteiger partial charge >= 0.3 is 0 Å². The maximum atomic E-state index is 10.2. The number of hydrogen-bond acceptors (Lipinski definition) is 3. The molecule has 1 aliphatic carbocycles. The van der Waals surface area contributed by atoms with E-state index in [0.717, 1.165) is 26.0 Å². The Balaban J connectivity index is 2.05. The van der Waals surface area contributed by atoms with Gasteiger partial charge in [-0.3, -0.25) is 0 Å². The van der Waals surface area contributed by atoms with Gasteiger partial charge < -0.3 is 9.84 Å². The minimum atomic E-state index is -0.423. The van der Waals surface area contributed by atoms with E-state index >= 15 is 0 Å². The molecule has 0 aliphatic heterocycles. The van der Waals surface area contributed by atoms with E-state index in [-0.39, 0.29) is 5.60 Å². The lowest BCUT2D eigenvalue weighted by Crippen LogP contribution is -2.40. The molecule has 1 unspecified atom stereocenters. The summed E-state index contributed by atoms with van der Waals surface area (Å²) in [6.45, 7) is 0. The van der Waals surface area contributed by atoms with E-state index in [4.69, 9.17) is 4.74 Å². The zero-order valence-electron chi connectivity index (χ0n) is 9.00. The maximum absolute atomic E-state index is 10.2. The van der Waals surface area contributed by atoms with Crippen molar-refractivity contribution in [3.63, 3.8) is 0 Å². The highest BCUT2D eigenvalue weighted by atomic mass is 79.9. The van der Waals surface area contributed by atoms with Crippen LogP contribution in [0.25, 0.3) is 0 Å². The van der Waals surface area contributed by atoms with Crippen LogP contribution in [0.4, 0.5) is 0 Å². The number of rotatable bonds is 4. The van der Waals surface area contributed by atoms with E-state index in [9.17, 15) is 5.11 Å². The normalized spacial score (nSPS) is 20.5. The second kappa shape index (κ2) is 5.06. The summed E-state index contributed by atoms with van der Waals surface area (Å²) in [5, 5.41) is 10.2. The van der Waals surface area contributed by atoms with E-state index in [1.165, 1.54) is 6.42 Å². The Morgan fingerprint density at radius 2 is 2.25 bits per heavy atom. The second-order valence-electron chi connectivity index (χ2n) is 4.23. The van der Waals surface area contributed by atoms with Crippen LogP contribution in [0.2, 0.25) is 0 Å². The average Bonchev–Trinajstić information content (AvgIpc) is 2.53. The zero-order chi connectivity index (χ0) is 11.8. The Kier molecular flexibility index (Phi) is 4.12. The van der Waals surface area contributed by atoms with Gasteiger partial charge in [0.1, 0.15) is 0 Å². The lowest BCUT2D eigenvalue weighted by Gasteiger charge is -2.41. The fraction of sp³-hybridized carbons (Fsp3) is 0.636. The third-order valence-electron chi connectivity index (χ3n) is 3.26. The van der Waals surface area contributed by atoms with Crippen LogP contribution in [0.15, 0.2) is 14.3 Å². The van der Waals surface area contributed by atoms with Crippen molar-refractivity contribution in [1.82, 2.24) is 0 Å². The Morgan fingerprint density at radius 1 is 1.56 bits per heavy atom. The molecule has 1 saturated carbocycles. The molecule has 5 heteroatoms. The smallest absolute Gasteiger partial charge is 0.0910 e. The fourth-order valence-corrected chi connectivity index (χ4v) is 4.12. The van der Waals surface area contributed by atoms with Crippen LogP contribution in [0.1, 0.15) is 36.7 Å². The highest BCUT2D eigenvalue weighted by molar-refractivity contribution is 9.13. The van der Waals surface area contributed by atoms with Crippen LogP contribution < -0.4 is 0 Å². The van der Waals surface area contributed by atoms with Crippen molar-refractivity contribution in [1.29, 1.82) is 0 Å². The van der Waals surface area contributed by atoms with Crippen LogP contribution in [0, 0.1) is 0 Å². The first-order valence-electron chi connectivity index (χ1n) is 5.24. The first kappa shape index (κ1) is 13.0. The molecule has 1 fully saturated rings. The number of aliphatic hydroxyl groups excluding tert-OH is 1. The summed E-state index contributed by atoms with van der Waals surface area (Å²) in [5.74, 6) is 0. The molecule has 2 nitrogen and oxygen atoms in total. The van der Waals surface area contributed by atoms with Crippen molar-refractivity contribution in [3.05, 3.63) is 19.2 Å². The molecule has 0 radical (unpaired) electrons. The molecular formula is C11H14Br2O2S. The maximum Gasteiger partial charge on any atom is 0.0910 e. The van der Waals surface area contributed by atoms with Gasteiger partial charge in [-0.25, -0.2) is 0 Å². The van der Waals surface area contributed by atoms with Gasteiger partial charge in [0, 0.05) is 22.9 Å². The summed E-state index contributed by atoms with van der Waals surface area (Å²) in [6.07, 6.45) is 3.61. The molecular weight excluding hydrogens is 356 g/mol. The Bertz CT molecular complexity index is 349. The second-order valence-corrected chi connectivity index (χ2v) is 7.49. The van der Waals surface area contributed by atoms with Gasteiger partial charge in [-0.15, -0.1) is 11.3 Å². The topological polar surface area (TPSA) is 29.5 Å². The quantitative estimate of drug-likeness (QED) is 0.858. The number of ether oxygens (including phenoxy) is 1. The SMILES string of the molecule is COC1(CC(O)c2cc(Br)c(Br)s2)CCC1. The van der Waals surface area contributed by atoms with E-state index in [1.54, 1.807) is 18.4 Å². The van der Waals surface area contributed by atoms with E-state index < -0.39 is 6.10 Å².